The molecule has 2 amide bonds. The predicted octanol–water partition coefficient (Wildman–Crippen LogP) is 1.91. The van der Waals surface area contributed by atoms with Crippen LogP contribution in [-0.2, 0) is 14.3 Å². The second-order valence-corrected chi connectivity index (χ2v) is 5.67. The fourth-order valence-electron chi connectivity index (χ4n) is 2.75. The van der Waals surface area contributed by atoms with Crippen LogP contribution in [0.5, 0.6) is 5.75 Å². The number of amides is 2. The van der Waals surface area contributed by atoms with Crippen LogP contribution in [0, 0.1) is 5.92 Å². The van der Waals surface area contributed by atoms with Gasteiger partial charge >= 0.3 is 0 Å². The molecule has 1 aromatic rings. The number of nitrogens with one attached hydrogen (secondary N) is 1. The van der Waals surface area contributed by atoms with E-state index >= 15 is 0 Å². The lowest BCUT2D eigenvalue weighted by Gasteiger charge is -2.24. The summed E-state index contributed by atoms with van der Waals surface area (Å²) in [5.74, 6) is 0.124. The van der Waals surface area contributed by atoms with Crippen molar-refractivity contribution < 1.29 is 19.1 Å². The van der Waals surface area contributed by atoms with E-state index in [2.05, 4.69) is 5.32 Å². The van der Waals surface area contributed by atoms with Crippen LogP contribution in [0.3, 0.4) is 0 Å². The van der Waals surface area contributed by atoms with Crippen molar-refractivity contribution >= 4 is 17.5 Å². The Bertz CT molecular complexity index is 561. The monoisotopic (exact) mass is 320 g/mol. The second-order valence-electron chi connectivity index (χ2n) is 5.67. The van der Waals surface area contributed by atoms with Crippen molar-refractivity contribution in [2.45, 2.75) is 26.3 Å². The first kappa shape index (κ1) is 17.3. The SMILES string of the molecule is CCOc1ccccc1NC(=O)C1CC(=O)N(C(C)COC)C1. The molecule has 0 aliphatic carbocycles. The number of nitrogens with zero attached hydrogens (tertiary/aromatic N) is 1. The molecule has 0 saturated carbocycles. The summed E-state index contributed by atoms with van der Waals surface area (Å²) in [6, 6.07) is 7.27. The molecule has 0 bridgehead atoms. The molecule has 2 rings (SSSR count). The van der Waals surface area contributed by atoms with Gasteiger partial charge in [-0.2, -0.15) is 0 Å². The molecule has 23 heavy (non-hydrogen) atoms. The highest BCUT2D eigenvalue weighted by Gasteiger charge is 2.36. The lowest BCUT2D eigenvalue weighted by molar-refractivity contribution is -0.130. The molecule has 1 aliphatic heterocycles. The molecule has 1 heterocycles. The summed E-state index contributed by atoms with van der Waals surface area (Å²) in [5.41, 5.74) is 0.634. The Morgan fingerprint density at radius 3 is 2.87 bits per heavy atom. The number of carbonyl (C=O) groups excluding carboxylic acids is 2. The first-order chi connectivity index (χ1) is 11.1. The zero-order valence-electron chi connectivity index (χ0n) is 13.9. The third-order valence-corrected chi connectivity index (χ3v) is 3.91. The average Bonchev–Trinajstić information content (AvgIpc) is 2.92. The molecule has 1 saturated heterocycles. The van der Waals surface area contributed by atoms with Gasteiger partial charge in [0, 0.05) is 20.1 Å². The predicted molar refractivity (Wildman–Crippen MR) is 87.4 cm³/mol. The molecule has 6 heteroatoms. The molecular formula is C17H24N2O4. The van der Waals surface area contributed by atoms with Gasteiger partial charge in [0.1, 0.15) is 5.75 Å². The molecule has 1 fully saturated rings. The van der Waals surface area contributed by atoms with Crippen molar-refractivity contribution in [2.75, 3.05) is 32.2 Å². The standard InChI is InChI=1S/C17H24N2O4/c1-4-23-15-8-6-5-7-14(15)18-17(21)13-9-16(20)19(10-13)12(2)11-22-3/h5-8,12-13H,4,9-11H2,1-3H3,(H,18,21). The van der Waals surface area contributed by atoms with Crippen molar-refractivity contribution in [3.8, 4) is 5.75 Å². The minimum atomic E-state index is -0.350. The van der Waals surface area contributed by atoms with E-state index in [4.69, 9.17) is 9.47 Å². The highest BCUT2D eigenvalue weighted by Crippen LogP contribution is 2.26. The molecule has 2 unspecified atom stereocenters. The smallest absolute Gasteiger partial charge is 0.229 e. The van der Waals surface area contributed by atoms with E-state index in [1.807, 2.05) is 32.0 Å². The van der Waals surface area contributed by atoms with E-state index < -0.39 is 0 Å². The Labute approximate surface area is 136 Å². The number of benzene rings is 1. The molecule has 0 radical (unpaired) electrons. The van der Waals surface area contributed by atoms with Crippen LogP contribution in [-0.4, -0.2) is 49.6 Å². The maximum absolute atomic E-state index is 12.5. The molecule has 1 aliphatic rings. The zero-order valence-corrected chi connectivity index (χ0v) is 13.9. The van der Waals surface area contributed by atoms with Crippen molar-refractivity contribution in [3.05, 3.63) is 24.3 Å². The summed E-state index contributed by atoms with van der Waals surface area (Å²) >= 11 is 0. The lowest BCUT2D eigenvalue weighted by Crippen LogP contribution is -2.38. The van der Waals surface area contributed by atoms with Crippen molar-refractivity contribution in [1.82, 2.24) is 4.90 Å². The zero-order chi connectivity index (χ0) is 16.8. The lowest BCUT2D eigenvalue weighted by atomic mass is 10.1. The van der Waals surface area contributed by atoms with E-state index in [-0.39, 0.29) is 30.2 Å². The number of methoxy groups -OCH3 is 1. The van der Waals surface area contributed by atoms with E-state index in [0.29, 0.717) is 31.2 Å². The minimum Gasteiger partial charge on any atom is -0.492 e. The van der Waals surface area contributed by atoms with Crippen LogP contribution in [0.15, 0.2) is 24.3 Å². The summed E-state index contributed by atoms with van der Waals surface area (Å²) < 4.78 is 10.6. The number of likely N-dealkylation sites (tertiary alicyclic amines) is 1. The maximum atomic E-state index is 12.5. The van der Waals surface area contributed by atoms with Gasteiger partial charge in [-0.3, -0.25) is 9.59 Å². The van der Waals surface area contributed by atoms with Crippen LogP contribution in [0.2, 0.25) is 0 Å². The molecule has 126 valence electrons. The summed E-state index contributed by atoms with van der Waals surface area (Å²) in [6.07, 6.45) is 0.233. The number of hydrogen-bond donors (Lipinski definition) is 1. The molecule has 0 aromatic heterocycles. The van der Waals surface area contributed by atoms with Gasteiger partial charge in [0.05, 0.1) is 30.9 Å². The van der Waals surface area contributed by atoms with Crippen LogP contribution >= 0.6 is 0 Å². The van der Waals surface area contributed by atoms with Gasteiger partial charge in [0.15, 0.2) is 0 Å². The summed E-state index contributed by atoms with van der Waals surface area (Å²) in [7, 11) is 1.60. The van der Waals surface area contributed by atoms with Gasteiger partial charge in [-0.1, -0.05) is 12.1 Å². The number of ether oxygens (including phenoxy) is 2. The van der Waals surface area contributed by atoms with Crippen LogP contribution in [0.1, 0.15) is 20.3 Å². The summed E-state index contributed by atoms with van der Waals surface area (Å²) in [6.45, 7) is 5.23. The number of hydrogen-bond acceptors (Lipinski definition) is 4. The van der Waals surface area contributed by atoms with E-state index in [9.17, 15) is 9.59 Å². The second kappa shape index (κ2) is 7.97. The highest BCUT2D eigenvalue weighted by molar-refractivity contribution is 5.98. The van der Waals surface area contributed by atoms with Crippen LogP contribution in [0.4, 0.5) is 5.69 Å². The largest absolute Gasteiger partial charge is 0.492 e. The Balaban J connectivity index is 2.01. The normalized spacial score (nSPS) is 18.8. The van der Waals surface area contributed by atoms with E-state index in [1.54, 1.807) is 18.1 Å². The highest BCUT2D eigenvalue weighted by atomic mass is 16.5. The van der Waals surface area contributed by atoms with Crippen LogP contribution < -0.4 is 10.1 Å². The topological polar surface area (TPSA) is 67.9 Å². The van der Waals surface area contributed by atoms with Gasteiger partial charge in [-0.05, 0) is 26.0 Å². The number of rotatable bonds is 7. The fraction of sp³-hybridized carbons (Fsp3) is 0.529. The maximum Gasteiger partial charge on any atom is 0.229 e. The molecule has 1 N–H and O–H groups in total. The van der Waals surface area contributed by atoms with E-state index in [1.165, 1.54) is 0 Å². The summed E-state index contributed by atoms with van der Waals surface area (Å²) in [4.78, 5) is 26.3. The average molecular weight is 320 g/mol. The van der Waals surface area contributed by atoms with Gasteiger partial charge in [0.2, 0.25) is 11.8 Å². The van der Waals surface area contributed by atoms with Crippen molar-refractivity contribution in [1.29, 1.82) is 0 Å². The number of carbonyl (C=O) groups is 2. The Hall–Kier alpha value is -2.08. The molecule has 1 aromatic carbocycles. The van der Waals surface area contributed by atoms with Crippen molar-refractivity contribution in [3.63, 3.8) is 0 Å². The van der Waals surface area contributed by atoms with Gasteiger partial charge in [-0.25, -0.2) is 0 Å². The quantitative estimate of drug-likeness (QED) is 0.833. The number of para-hydroxylation sites is 2. The Morgan fingerprint density at radius 2 is 2.17 bits per heavy atom. The Morgan fingerprint density at radius 1 is 1.43 bits per heavy atom. The first-order valence-electron chi connectivity index (χ1n) is 7.87. The number of anilines is 1. The van der Waals surface area contributed by atoms with Crippen molar-refractivity contribution in [2.24, 2.45) is 5.92 Å². The molecule has 6 nitrogen and oxygen atoms in total. The van der Waals surface area contributed by atoms with Gasteiger partial charge in [-0.15, -0.1) is 0 Å². The molecule has 0 spiro atoms. The molecular weight excluding hydrogens is 296 g/mol. The fourth-order valence-corrected chi connectivity index (χ4v) is 2.75. The van der Waals surface area contributed by atoms with Gasteiger partial charge < -0.3 is 19.7 Å². The molecule has 2 atom stereocenters. The Kier molecular flexibility index (Phi) is 5.98. The van der Waals surface area contributed by atoms with E-state index in [0.717, 1.165) is 0 Å². The van der Waals surface area contributed by atoms with Gasteiger partial charge in [0.25, 0.3) is 0 Å². The van der Waals surface area contributed by atoms with Crippen LogP contribution in [0.25, 0.3) is 0 Å². The third-order valence-electron chi connectivity index (χ3n) is 3.91. The first-order valence-corrected chi connectivity index (χ1v) is 7.87. The third kappa shape index (κ3) is 4.22. The summed E-state index contributed by atoms with van der Waals surface area (Å²) in [5, 5.41) is 2.88. The minimum absolute atomic E-state index is 0.00667.